The maximum Gasteiger partial charge on any atom is 0.148 e. The van der Waals surface area contributed by atoms with E-state index in [4.69, 9.17) is 5.26 Å². The van der Waals surface area contributed by atoms with E-state index in [1.54, 1.807) is 12.1 Å². The summed E-state index contributed by atoms with van der Waals surface area (Å²) in [6, 6.07) is 7.24. The Morgan fingerprint density at radius 2 is 2.00 bits per heavy atom. The molecule has 2 atom stereocenters. The van der Waals surface area contributed by atoms with E-state index in [0.717, 1.165) is 12.8 Å². The van der Waals surface area contributed by atoms with Gasteiger partial charge in [-0.25, -0.2) is 9.40 Å². The predicted molar refractivity (Wildman–Crippen MR) is 69.4 cm³/mol. The lowest BCUT2D eigenvalue weighted by Crippen LogP contribution is -2.47. The Morgan fingerprint density at radius 3 is 2.56 bits per heavy atom. The molecule has 1 aromatic rings. The minimum absolute atomic E-state index is 0.345. The van der Waals surface area contributed by atoms with Gasteiger partial charge in [0.2, 0.25) is 0 Å². The zero-order valence-corrected chi connectivity index (χ0v) is 10.8. The van der Waals surface area contributed by atoms with Crippen LogP contribution in [-0.2, 0) is 0 Å². The fourth-order valence-electron chi connectivity index (χ4n) is 2.46. The minimum atomic E-state index is -0.376. The summed E-state index contributed by atoms with van der Waals surface area (Å²) in [5.41, 5.74) is 3.93. The van der Waals surface area contributed by atoms with E-state index in [-0.39, 0.29) is 5.82 Å². The molecule has 0 amide bonds. The Labute approximate surface area is 107 Å². The number of piperidine rings is 1. The first-order valence-electron chi connectivity index (χ1n) is 6.36. The smallest absolute Gasteiger partial charge is 0.148 e. The number of anilines is 1. The average Bonchev–Trinajstić information content (AvgIpc) is 2.35. The molecule has 0 aromatic heterocycles. The van der Waals surface area contributed by atoms with E-state index < -0.39 is 0 Å². The molecule has 3 nitrogen and oxygen atoms in total. The van der Waals surface area contributed by atoms with Crippen LogP contribution in [-0.4, -0.2) is 17.1 Å². The summed E-state index contributed by atoms with van der Waals surface area (Å²) in [6.45, 7) is 4.29. The average molecular weight is 247 g/mol. The van der Waals surface area contributed by atoms with Crippen molar-refractivity contribution in [2.24, 2.45) is 0 Å². The lowest BCUT2D eigenvalue weighted by atomic mass is 10.00. The zero-order chi connectivity index (χ0) is 13.1. The van der Waals surface area contributed by atoms with Crippen LogP contribution in [0.15, 0.2) is 18.2 Å². The molecular weight excluding hydrogens is 229 g/mol. The second-order valence-corrected chi connectivity index (χ2v) is 4.95. The molecule has 0 saturated carbocycles. The lowest BCUT2D eigenvalue weighted by molar-refractivity contribution is 0.135. The number of halogens is 1. The van der Waals surface area contributed by atoms with Crippen LogP contribution in [0.3, 0.4) is 0 Å². The number of hydrazine groups is 1. The highest BCUT2D eigenvalue weighted by Crippen LogP contribution is 2.24. The van der Waals surface area contributed by atoms with Gasteiger partial charge in [0.25, 0.3) is 0 Å². The number of nitrogens with one attached hydrogen (secondary N) is 1. The largest absolute Gasteiger partial charge is 0.316 e. The van der Waals surface area contributed by atoms with Crippen molar-refractivity contribution in [1.82, 2.24) is 5.01 Å². The van der Waals surface area contributed by atoms with Crippen molar-refractivity contribution in [1.29, 1.82) is 5.26 Å². The first-order valence-corrected chi connectivity index (χ1v) is 6.36. The van der Waals surface area contributed by atoms with Gasteiger partial charge in [0.15, 0.2) is 0 Å². The van der Waals surface area contributed by atoms with Crippen LogP contribution < -0.4 is 5.43 Å². The third-order valence-electron chi connectivity index (χ3n) is 3.54. The molecule has 0 spiro atoms. The molecule has 2 unspecified atom stereocenters. The van der Waals surface area contributed by atoms with Gasteiger partial charge in [0, 0.05) is 12.1 Å². The van der Waals surface area contributed by atoms with Crippen molar-refractivity contribution in [2.45, 2.75) is 45.2 Å². The Hall–Kier alpha value is -1.60. The van der Waals surface area contributed by atoms with Gasteiger partial charge in [-0.3, -0.25) is 0 Å². The van der Waals surface area contributed by atoms with E-state index in [2.05, 4.69) is 24.3 Å². The van der Waals surface area contributed by atoms with Gasteiger partial charge in [-0.15, -0.1) is 0 Å². The van der Waals surface area contributed by atoms with Crippen molar-refractivity contribution in [2.75, 3.05) is 5.43 Å². The van der Waals surface area contributed by atoms with E-state index in [1.807, 2.05) is 6.07 Å². The van der Waals surface area contributed by atoms with Gasteiger partial charge in [0.05, 0.1) is 17.3 Å². The van der Waals surface area contributed by atoms with Gasteiger partial charge in [-0.1, -0.05) is 6.42 Å². The summed E-state index contributed by atoms with van der Waals surface area (Å²) in [5.74, 6) is -0.376. The van der Waals surface area contributed by atoms with Crippen molar-refractivity contribution in [3.63, 3.8) is 0 Å². The Morgan fingerprint density at radius 1 is 1.33 bits per heavy atom. The summed E-state index contributed by atoms with van der Waals surface area (Å²) >= 11 is 0. The highest BCUT2D eigenvalue weighted by atomic mass is 19.1. The zero-order valence-electron chi connectivity index (χ0n) is 10.8. The summed E-state index contributed by atoms with van der Waals surface area (Å²) in [5, 5.41) is 10.8. The minimum Gasteiger partial charge on any atom is -0.316 e. The molecule has 0 aliphatic carbocycles. The number of benzene rings is 1. The molecule has 2 rings (SSSR count). The summed E-state index contributed by atoms with van der Waals surface area (Å²) in [6.07, 6.45) is 3.46. The van der Waals surface area contributed by atoms with Gasteiger partial charge in [-0.2, -0.15) is 5.26 Å². The van der Waals surface area contributed by atoms with Crippen LogP contribution in [0.4, 0.5) is 10.1 Å². The van der Waals surface area contributed by atoms with Gasteiger partial charge in [-0.05, 0) is 44.9 Å². The van der Waals surface area contributed by atoms with Crippen molar-refractivity contribution >= 4 is 5.69 Å². The topological polar surface area (TPSA) is 39.1 Å². The molecule has 1 heterocycles. The number of nitrogens with zero attached hydrogens (tertiary/aromatic N) is 2. The molecule has 96 valence electrons. The first-order chi connectivity index (χ1) is 8.61. The first kappa shape index (κ1) is 12.8. The molecule has 18 heavy (non-hydrogen) atoms. The number of hydrogen-bond donors (Lipinski definition) is 1. The third kappa shape index (κ3) is 2.62. The highest BCUT2D eigenvalue weighted by Gasteiger charge is 2.25. The standard InChI is InChI=1S/C14H18FN3/c1-10-4-3-5-11(2)18(10)17-14-7-6-12(9-16)8-13(14)15/h6-8,10-11,17H,3-5H2,1-2H3. The van der Waals surface area contributed by atoms with Crippen LogP contribution in [0.25, 0.3) is 0 Å². The predicted octanol–water partition coefficient (Wildman–Crippen LogP) is 3.29. The molecule has 1 N–H and O–H groups in total. The fraction of sp³-hybridized carbons (Fsp3) is 0.500. The Balaban J connectivity index is 2.15. The molecule has 1 aliphatic heterocycles. The van der Waals surface area contributed by atoms with E-state index in [0.29, 0.717) is 23.3 Å². The van der Waals surface area contributed by atoms with Crippen LogP contribution in [0.5, 0.6) is 0 Å². The van der Waals surface area contributed by atoms with Gasteiger partial charge in [0.1, 0.15) is 5.82 Å². The van der Waals surface area contributed by atoms with Crippen molar-refractivity contribution in [3.05, 3.63) is 29.6 Å². The third-order valence-corrected chi connectivity index (χ3v) is 3.54. The summed E-state index contributed by atoms with van der Waals surface area (Å²) in [4.78, 5) is 0. The van der Waals surface area contributed by atoms with Crippen LogP contribution >= 0.6 is 0 Å². The number of hydrogen-bond acceptors (Lipinski definition) is 3. The fourth-order valence-corrected chi connectivity index (χ4v) is 2.46. The molecule has 1 aliphatic rings. The summed E-state index contributed by atoms with van der Waals surface area (Å²) < 4.78 is 13.8. The van der Waals surface area contributed by atoms with Crippen LogP contribution in [0, 0.1) is 17.1 Å². The summed E-state index contributed by atoms with van der Waals surface area (Å²) in [7, 11) is 0. The second-order valence-electron chi connectivity index (χ2n) is 4.95. The van der Waals surface area contributed by atoms with Crippen molar-refractivity contribution in [3.8, 4) is 6.07 Å². The SMILES string of the molecule is CC1CCCC(C)N1Nc1ccc(C#N)cc1F. The van der Waals surface area contributed by atoms with Crippen LogP contribution in [0.1, 0.15) is 38.7 Å². The van der Waals surface area contributed by atoms with Crippen molar-refractivity contribution < 1.29 is 4.39 Å². The monoisotopic (exact) mass is 247 g/mol. The van der Waals surface area contributed by atoms with Crippen LogP contribution in [0.2, 0.25) is 0 Å². The molecular formula is C14H18FN3. The Kier molecular flexibility index (Phi) is 3.83. The highest BCUT2D eigenvalue weighted by molar-refractivity contribution is 5.48. The molecule has 0 bridgehead atoms. The van der Waals surface area contributed by atoms with Gasteiger partial charge >= 0.3 is 0 Å². The molecule has 0 radical (unpaired) electrons. The maximum atomic E-state index is 13.8. The lowest BCUT2D eigenvalue weighted by Gasteiger charge is -2.39. The maximum absolute atomic E-state index is 13.8. The van der Waals surface area contributed by atoms with Gasteiger partial charge < -0.3 is 5.43 Å². The van der Waals surface area contributed by atoms with E-state index in [1.165, 1.54) is 12.5 Å². The Bertz CT molecular complexity index is 457. The quantitative estimate of drug-likeness (QED) is 0.871. The van der Waals surface area contributed by atoms with E-state index >= 15 is 0 Å². The number of nitriles is 1. The normalized spacial score (nSPS) is 24.6. The number of rotatable bonds is 2. The molecule has 1 saturated heterocycles. The molecule has 4 heteroatoms. The second kappa shape index (κ2) is 5.36. The molecule has 1 aromatic carbocycles. The molecule has 1 fully saturated rings. The van der Waals surface area contributed by atoms with E-state index in [9.17, 15) is 4.39 Å².